The summed E-state index contributed by atoms with van der Waals surface area (Å²) in [6.07, 6.45) is 0. The Morgan fingerprint density at radius 1 is 0.900 bits per heavy atom. The average Bonchev–Trinajstić information content (AvgIpc) is 2.75. The number of carbonyl (C=O) groups is 1. The molecule has 8 heteroatoms. The number of anilines is 2. The topological polar surface area (TPSA) is 84.5 Å². The van der Waals surface area contributed by atoms with Gasteiger partial charge in [0.15, 0.2) is 0 Å². The monoisotopic (exact) mass is 442 g/mol. The van der Waals surface area contributed by atoms with Crippen LogP contribution in [-0.4, -0.2) is 26.7 Å². The van der Waals surface area contributed by atoms with Crippen molar-refractivity contribution < 1.29 is 17.9 Å². The molecule has 0 radical (unpaired) electrons. The predicted octanol–water partition coefficient (Wildman–Crippen LogP) is 4.62. The summed E-state index contributed by atoms with van der Waals surface area (Å²) in [6.45, 7) is 1.82. The second-order valence-corrected chi connectivity index (χ2v) is 9.52. The highest BCUT2D eigenvalue weighted by molar-refractivity contribution is 8.00. The van der Waals surface area contributed by atoms with Crippen LogP contribution in [0.5, 0.6) is 5.75 Å². The van der Waals surface area contributed by atoms with Crippen molar-refractivity contribution in [1.82, 2.24) is 0 Å². The van der Waals surface area contributed by atoms with Crippen LogP contribution in [0.25, 0.3) is 0 Å². The molecule has 6 nitrogen and oxygen atoms in total. The van der Waals surface area contributed by atoms with Crippen LogP contribution in [0, 0.1) is 0 Å². The van der Waals surface area contributed by atoms with Crippen LogP contribution in [0.4, 0.5) is 11.4 Å². The van der Waals surface area contributed by atoms with Gasteiger partial charge in [0.25, 0.3) is 10.0 Å². The molecule has 3 aromatic carbocycles. The van der Waals surface area contributed by atoms with Gasteiger partial charge in [-0.2, -0.15) is 0 Å². The lowest BCUT2D eigenvalue weighted by Gasteiger charge is -2.13. The van der Waals surface area contributed by atoms with E-state index in [4.69, 9.17) is 4.74 Å². The average molecular weight is 443 g/mol. The van der Waals surface area contributed by atoms with E-state index in [0.29, 0.717) is 17.1 Å². The SMILES string of the molecule is COc1ccc(NS(=O)(=O)c2ccc(NC(=O)[C@@H](C)Sc3ccccc3)cc2)cc1. The second kappa shape index (κ2) is 9.69. The Morgan fingerprint density at radius 2 is 1.50 bits per heavy atom. The zero-order chi connectivity index (χ0) is 21.6. The van der Waals surface area contributed by atoms with Crippen molar-refractivity contribution >= 4 is 39.1 Å². The molecule has 1 atom stereocenters. The van der Waals surface area contributed by atoms with E-state index in [2.05, 4.69) is 10.0 Å². The van der Waals surface area contributed by atoms with Gasteiger partial charge in [0.05, 0.1) is 17.3 Å². The van der Waals surface area contributed by atoms with Crippen LogP contribution < -0.4 is 14.8 Å². The van der Waals surface area contributed by atoms with E-state index in [1.54, 1.807) is 43.5 Å². The number of hydrogen-bond donors (Lipinski definition) is 2. The number of hydrogen-bond acceptors (Lipinski definition) is 5. The van der Waals surface area contributed by atoms with Crippen LogP contribution in [0.3, 0.4) is 0 Å². The van der Waals surface area contributed by atoms with Crippen molar-refractivity contribution in [2.45, 2.75) is 22.0 Å². The summed E-state index contributed by atoms with van der Waals surface area (Å²) >= 11 is 1.46. The highest BCUT2D eigenvalue weighted by Gasteiger charge is 2.17. The maximum atomic E-state index is 12.6. The first kappa shape index (κ1) is 21.7. The number of carbonyl (C=O) groups excluding carboxylic acids is 1. The number of nitrogens with one attached hydrogen (secondary N) is 2. The molecule has 30 heavy (non-hydrogen) atoms. The lowest BCUT2D eigenvalue weighted by Crippen LogP contribution is -2.22. The van der Waals surface area contributed by atoms with E-state index >= 15 is 0 Å². The molecular formula is C22H22N2O4S2. The van der Waals surface area contributed by atoms with Crippen LogP contribution in [-0.2, 0) is 14.8 Å². The van der Waals surface area contributed by atoms with Gasteiger partial charge in [-0.05, 0) is 67.6 Å². The quantitative estimate of drug-likeness (QED) is 0.498. The van der Waals surface area contributed by atoms with Gasteiger partial charge in [0.1, 0.15) is 5.75 Å². The number of ether oxygens (including phenoxy) is 1. The van der Waals surface area contributed by atoms with Crippen molar-refractivity contribution in [1.29, 1.82) is 0 Å². The first-order chi connectivity index (χ1) is 14.4. The summed E-state index contributed by atoms with van der Waals surface area (Å²) in [5, 5.41) is 2.52. The first-order valence-corrected chi connectivity index (χ1v) is 11.5. The summed E-state index contributed by atoms with van der Waals surface area (Å²) in [6, 6.07) is 22.3. The fourth-order valence-corrected chi connectivity index (χ4v) is 4.54. The molecule has 3 aromatic rings. The highest BCUT2D eigenvalue weighted by Crippen LogP contribution is 2.24. The Hall–Kier alpha value is -2.97. The van der Waals surface area contributed by atoms with E-state index in [9.17, 15) is 13.2 Å². The third-order valence-corrected chi connectivity index (χ3v) is 6.71. The van der Waals surface area contributed by atoms with Crippen molar-refractivity contribution in [3.8, 4) is 5.75 Å². The summed E-state index contributed by atoms with van der Waals surface area (Å²) in [5.41, 5.74) is 0.962. The minimum atomic E-state index is -3.74. The standard InChI is InChI=1S/C22H22N2O4S2/c1-16(29-20-6-4-3-5-7-20)22(25)23-17-10-14-21(15-11-17)30(26,27)24-18-8-12-19(28-2)13-9-18/h3-16,24H,1-2H3,(H,23,25)/t16-/m1/s1. The largest absolute Gasteiger partial charge is 0.497 e. The van der Waals surface area contributed by atoms with Crippen molar-refractivity contribution in [3.05, 3.63) is 78.9 Å². The zero-order valence-electron chi connectivity index (χ0n) is 16.5. The fourth-order valence-electron chi connectivity index (χ4n) is 2.59. The molecule has 0 unspecified atom stereocenters. The minimum Gasteiger partial charge on any atom is -0.497 e. The summed E-state index contributed by atoms with van der Waals surface area (Å²) in [4.78, 5) is 13.5. The van der Waals surface area contributed by atoms with Crippen molar-refractivity contribution in [2.75, 3.05) is 17.1 Å². The molecule has 0 bridgehead atoms. The molecule has 0 aliphatic carbocycles. The second-order valence-electron chi connectivity index (χ2n) is 6.42. The smallest absolute Gasteiger partial charge is 0.261 e. The van der Waals surface area contributed by atoms with Crippen LogP contribution >= 0.6 is 11.8 Å². The highest BCUT2D eigenvalue weighted by atomic mass is 32.2. The number of sulfonamides is 1. The number of thioether (sulfide) groups is 1. The molecule has 0 spiro atoms. The Balaban J connectivity index is 1.62. The summed E-state index contributed by atoms with van der Waals surface area (Å²) < 4.78 is 32.7. The van der Waals surface area contributed by atoms with E-state index in [1.807, 2.05) is 37.3 Å². The minimum absolute atomic E-state index is 0.100. The van der Waals surface area contributed by atoms with Gasteiger partial charge in [-0.3, -0.25) is 9.52 Å². The molecule has 156 valence electrons. The van der Waals surface area contributed by atoms with Crippen LogP contribution in [0.1, 0.15) is 6.92 Å². The van der Waals surface area contributed by atoms with Gasteiger partial charge < -0.3 is 10.1 Å². The zero-order valence-corrected chi connectivity index (χ0v) is 18.2. The van der Waals surface area contributed by atoms with Crippen LogP contribution in [0.15, 0.2) is 88.7 Å². The molecule has 0 aromatic heterocycles. The number of methoxy groups -OCH3 is 1. The van der Waals surface area contributed by atoms with Gasteiger partial charge in [-0.15, -0.1) is 11.8 Å². The third-order valence-electron chi connectivity index (χ3n) is 4.20. The lowest BCUT2D eigenvalue weighted by atomic mass is 10.3. The Bertz CT molecular complexity index is 1080. The van der Waals surface area contributed by atoms with Crippen LogP contribution in [0.2, 0.25) is 0 Å². The molecule has 0 saturated carbocycles. The predicted molar refractivity (Wildman–Crippen MR) is 121 cm³/mol. The molecular weight excluding hydrogens is 420 g/mol. The van der Waals surface area contributed by atoms with Gasteiger partial charge in [-0.25, -0.2) is 8.42 Å². The van der Waals surface area contributed by atoms with Gasteiger partial charge in [0.2, 0.25) is 5.91 Å². The third kappa shape index (κ3) is 5.77. The maximum Gasteiger partial charge on any atom is 0.261 e. The number of rotatable bonds is 8. The number of amides is 1. The van der Waals surface area contributed by atoms with Crippen molar-refractivity contribution in [2.24, 2.45) is 0 Å². The van der Waals surface area contributed by atoms with E-state index in [-0.39, 0.29) is 16.1 Å². The summed E-state index contributed by atoms with van der Waals surface area (Å²) in [5.74, 6) is 0.480. The van der Waals surface area contributed by atoms with Gasteiger partial charge in [0, 0.05) is 16.3 Å². The fraction of sp³-hybridized carbons (Fsp3) is 0.136. The Labute approximate surface area is 180 Å². The van der Waals surface area contributed by atoms with Gasteiger partial charge in [-0.1, -0.05) is 18.2 Å². The summed E-state index contributed by atoms with van der Waals surface area (Å²) in [7, 11) is -2.20. The molecule has 0 aliphatic rings. The van der Waals surface area contributed by atoms with Gasteiger partial charge >= 0.3 is 0 Å². The normalized spacial score (nSPS) is 12.1. The molecule has 1 amide bonds. The lowest BCUT2D eigenvalue weighted by molar-refractivity contribution is -0.115. The molecule has 0 saturated heterocycles. The molecule has 2 N–H and O–H groups in total. The van der Waals surface area contributed by atoms with E-state index < -0.39 is 10.0 Å². The van der Waals surface area contributed by atoms with Crippen molar-refractivity contribution in [3.63, 3.8) is 0 Å². The molecule has 3 rings (SSSR count). The molecule has 0 heterocycles. The number of benzene rings is 3. The molecule has 0 aliphatic heterocycles. The Morgan fingerprint density at radius 3 is 2.10 bits per heavy atom. The maximum absolute atomic E-state index is 12.6. The molecule has 0 fully saturated rings. The van der Waals surface area contributed by atoms with E-state index in [0.717, 1.165) is 4.90 Å². The Kier molecular flexibility index (Phi) is 7.02. The van der Waals surface area contributed by atoms with E-state index in [1.165, 1.54) is 23.9 Å². The first-order valence-electron chi connectivity index (χ1n) is 9.17.